The molecular formula is C18H29NO2. The molecule has 3 heteroatoms. The molecule has 0 amide bonds. The van der Waals surface area contributed by atoms with Gasteiger partial charge in [0.05, 0.1) is 6.61 Å². The molecule has 21 heavy (non-hydrogen) atoms. The average Bonchev–Trinajstić information content (AvgIpc) is 2.55. The highest BCUT2D eigenvalue weighted by atomic mass is 16.5. The second kappa shape index (κ2) is 9.06. The molecule has 1 saturated heterocycles. The smallest absolute Gasteiger partial charge is 0.119 e. The van der Waals surface area contributed by atoms with Crippen molar-refractivity contribution in [1.29, 1.82) is 0 Å². The molecule has 0 saturated carbocycles. The number of rotatable bonds is 8. The predicted molar refractivity (Wildman–Crippen MR) is 86.7 cm³/mol. The van der Waals surface area contributed by atoms with Crippen LogP contribution in [0.15, 0.2) is 24.3 Å². The second-order valence-corrected chi connectivity index (χ2v) is 5.97. The minimum absolute atomic E-state index is 0.550. The Morgan fingerprint density at radius 3 is 2.62 bits per heavy atom. The number of hydrogen-bond donors (Lipinski definition) is 1. The fourth-order valence-corrected chi connectivity index (χ4v) is 2.70. The molecule has 0 spiro atoms. The lowest BCUT2D eigenvalue weighted by atomic mass is 9.93. The summed E-state index contributed by atoms with van der Waals surface area (Å²) >= 11 is 0. The van der Waals surface area contributed by atoms with Gasteiger partial charge in [0, 0.05) is 25.8 Å². The van der Waals surface area contributed by atoms with Crippen molar-refractivity contribution in [3.05, 3.63) is 29.8 Å². The largest absolute Gasteiger partial charge is 0.494 e. The van der Waals surface area contributed by atoms with Crippen molar-refractivity contribution in [3.8, 4) is 5.75 Å². The van der Waals surface area contributed by atoms with Gasteiger partial charge >= 0.3 is 0 Å². The SMILES string of the molecule is CCCCOc1ccc(CNC(C)C2CCOCC2)cc1. The van der Waals surface area contributed by atoms with E-state index in [1.54, 1.807) is 0 Å². The van der Waals surface area contributed by atoms with Gasteiger partial charge < -0.3 is 14.8 Å². The normalized spacial score (nSPS) is 17.6. The molecule has 0 bridgehead atoms. The summed E-state index contributed by atoms with van der Waals surface area (Å²) in [6, 6.07) is 9.02. The second-order valence-electron chi connectivity index (χ2n) is 5.97. The van der Waals surface area contributed by atoms with Crippen LogP contribution in [0.1, 0.15) is 45.1 Å². The van der Waals surface area contributed by atoms with Crippen LogP contribution in [-0.2, 0) is 11.3 Å². The first kappa shape index (κ1) is 16.3. The summed E-state index contributed by atoms with van der Waals surface area (Å²) in [4.78, 5) is 0. The Morgan fingerprint density at radius 1 is 1.24 bits per heavy atom. The highest BCUT2D eigenvalue weighted by molar-refractivity contribution is 5.27. The van der Waals surface area contributed by atoms with E-state index >= 15 is 0 Å². The maximum Gasteiger partial charge on any atom is 0.119 e. The molecular weight excluding hydrogens is 262 g/mol. The number of benzene rings is 1. The van der Waals surface area contributed by atoms with Crippen molar-refractivity contribution in [1.82, 2.24) is 5.32 Å². The highest BCUT2D eigenvalue weighted by Gasteiger charge is 2.19. The van der Waals surface area contributed by atoms with Gasteiger partial charge in [-0.1, -0.05) is 25.5 Å². The highest BCUT2D eigenvalue weighted by Crippen LogP contribution is 2.19. The molecule has 1 aliphatic heterocycles. The van der Waals surface area contributed by atoms with Crippen molar-refractivity contribution in [2.45, 2.75) is 52.1 Å². The summed E-state index contributed by atoms with van der Waals surface area (Å²) in [5.74, 6) is 1.72. The fraction of sp³-hybridized carbons (Fsp3) is 0.667. The Balaban J connectivity index is 1.72. The molecule has 1 aromatic carbocycles. The van der Waals surface area contributed by atoms with Crippen LogP contribution in [0.5, 0.6) is 5.75 Å². The van der Waals surface area contributed by atoms with E-state index in [9.17, 15) is 0 Å². The molecule has 0 radical (unpaired) electrons. The van der Waals surface area contributed by atoms with Crippen molar-refractivity contribution in [3.63, 3.8) is 0 Å². The summed E-state index contributed by atoms with van der Waals surface area (Å²) in [7, 11) is 0. The van der Waals surface area contributed by atoms with Gasteiger partial charge in [-0.3, -0.25) is 0 Å². The molecule has 0 aliphatic carbocycles. The van der Waals surface area contributed by atoms with Gasteiger partial charge in [-0.05, 0) is 49.8 Å². The lowest BCUT2D eigenvalue weighted by Crippen LogP contribution is -2.36. The van der Waals surface area contributed by atoms with E-state index in [1.165, 1.54) is 24.8 Å². The molecule has 118 valence electrons. The summed E-state index contributed by atoms with van der Waals surface area (Å²) in [6.45, 7) is 8.04. The molecule has 1 unspecified atom stereocenters. The van der Waals surface area contributed by atoms with E-state index in [-0.39, 0.29) is 0 Å². The van der Waals surface area contributed by atoms with Crippen LogP contribution in [0.4, 0.5) is 0 Å². The number of unbranched alkanes of at least 4 members (excludes halogenated alkanes) is 1. The first-order valence-corrected chi connectivity index (χ1v) is 8.32. The van der Waals surface area contributed by atoms with Crippen molar-refractivity contribution < 1.29 is 9.47 Å². The maximum absolute atomic E-state index is 5.69. The molecule has 1 heterocycles. The van der Waals surface area contributed by atoms with Gasteiger partial charge in [-0.2, -0.15) is 0 Å². The maximum atomic E-state index is 5.69. The third-order valence-electron chi connectivity index (χ3n) is 4.29. The van der Waals surface area contributed by atoms with Crippen LogP contribution in [-0.4, -0.2) is 25.9 Å². The minimum atomic E-state index is 0.550. The van der Waals surface area contributed by atoms with Crippen LogP contribution in [0.3, 0.4) is 0 Å². The predicted octanol–water partition coefficient (Wildman–Crippen LogP) is 3.77. The Morgan fingerprint density at radius 2 is 1.95 bits per heavy atom. The molecule has 1 aliphatic rings. The van der Waals surface area contributed by atoms with E-state index < -0.39 is 0 Å². The Bertz CT molecular complexity index is 385. The summed E-state index contributed by atoms with van der Waals surface area (Å²) in [5, 5.41) is 3.64. The molecule has 1 atom stereocenters. The zero-order valence-electron chi connectivity index (χ0n) is 13.4. The minimum Gasteiger partial charge on any atom is -0.494 e. The summed E-state index contributed by atoms with van der Waals surface area (Å²) < 4.78 is 11.1. The number of ether oxygens (including phenoxy) is 2. The first-order valence-electron chi connectivity index (χ1n) is 8.32. The van der Waals surface area contributed by atoms with E-state index in [4.69, 9.17) is 9.47 Å². The lowest BCUT2D eigenvalue weighted by Gasteiger charge is -2.28. The van der Waals surface area contributed by atoms with Crippen LogP contribution in [0.25, 0.3) is 0 Å². The lowest BCUT2D eigenvalue weighted by molar-refractivity contribution is 0.0558. The molecule has 1 fully saturated rings. The van der Waals surface area contributed by atoms with Gasteiger partial charge in [0.15, 0.2) is 0 Å². The standard InChI is InChI=1S/C18H29NO2/c1-3-4-11-21-18-7-5-16(6-8-18)14-19-15(2)17-9-12-20-13-10-17/h5-8,15,17,19H,3-4,9-14H2,1-2H3. The monoisotopic (exact) mass is 291 g/mol. The zero-order valence-corrected chi connectivity index (χ0v) is 13.4. The van der Waals surface area contributed by atoms with Crippen LogP contribution in [0.2, 0.25) is 0 Å². The Hall–Kier alpha value is -1.06. The van der Waals surface area contributed by atoms with Crippen molar-refractivity contribution >= 4 is 0 Å². The van der Waals surface area contributed by atoms with Crippen LogP contribution < -0.4 is 10.1 Å². The molecule has 3 nitrogen and oxygen atoms in total. The molecule has 0 aromatic heterocycles. The van der Waals surface area contributed by atoms with Gasteiger partial charge in [-0.15, -0.1) is 0 Å². The number of hydrogen-bond acceptors (Lipinski definition) is 3. The van der Waals surface area contributed by atoms with Gasteiger partial charge in [0.2, 0.25) is 0 Å². The van der Waals surface area contributed by atoms with Crippen LogP contribution >= 0.6 is 0 Å². The van der Waals surface area contributed by atoms with E-state index in [0.29, 0.717) is 6.04 Å². The molecule has 1 N–H and O–H groups in total. The van der Waals surface area contributed by atoms with Crippen molar-refractivity contribution in [2.75, 3.05) is 19.8 Å². The zero-order chi connectivity index (χ0) is 14.9. The van der Waals surface area contributed by atoms with E-state index in [0.717, 1.165) is 44.5 Å². The summed E-state index contributed by atoms with van der Waals surface area (Å²) in [6.07, 6.45) is 4.65. The Labute approximate surface area is 129 Å². The van der Waals surface area contributed by atoms with Crippen LogP contribution in [0, 0.1) is 5.92 Å². The van der Waals surface area contributed by atoms with Gasteiger partial charge in [0.1, 0.15) is 5.75 Å². The average molecular weight is 291 g/mol. The first-order chi connectivity index (χ1) is 10.3. The van der Waals surface area contributed by atoms with Gasteiger partial charge in [-0.25, -0.2) is 0 Å². The summed E-state index contributed by atoms with van der Waals surface area (Å²) in [5.41, 5.74) is 1.32. The molecule has 2 rings (SSSR count). The van der Waals surface area contributed by atoms with E-state index in [1.807, 2.05) is 0 Å². The van der Waals surface area contributed by atoms with E-state index in [2.05, 4.69) is 43.4 Å². The quantitative estimate of drug-likeness (QED) is 0.740. The topological polar surface area (TPSA) is 30.5 Å². The van der Waals surface area contributed by atoms with Gasteiger partial charge in [0.25, 0.3) is 0 Å². The van der Waals surface area contributed by atoms with Crippen molar-refractivity contribution in [2.24, 2.45) is 5.92 Å². The molecule has 1 aromatic rings. The number of nitrogens with one attached hydrogen (secondary N) is 1. The Kier molecular flexibility index (Phi) is 7.04. The third kappa shape index (κ3) is 5.68. The third-order valence-corrected chi connectivity index (χ3v) is 4.29. The fourth-order valence-electron chi connectivity index (χ4n) is 2.70.